The Hall–Kier alpha value is -4.61. The Labute approximate surface area is 238 Å². The molecule has 6 rings (SSSR count). The van der Waals surface area contributed by atoms with Crippen LogP contribution >= 0.6 is 11.8 Å². The molecule has 0 saturated carbocycles. The number of aldehydes is 1. The fraction of sp³-hybridized carbons (Fsp3) is 0.0857. The maximum atomic E-state index is 12.9. The summed E-state index contributed by atoms with van der Waals surface area (Å²) in [5.74, 6) is 0.00511. The Balaban J connectivity index is 1.20. The SMILES string of the molecule is O=Cc1ccccc1Sc1ccc(-c2ccccc2)cc1CNC(=O)OCC1c2ccccc2-c2ccccc21. The molecule has 1 amide bonds. The van der Waals surface area contributed by atoms with E-state index < -0.39 is 6.09 Å². The normalized spacial score (nSPS) is 11.9. The highest BCUT2D eigenvalue weighted by molar-refractivity contribution is 7.99. The van der Waals surface area contributed by atoms with Crippen molar-refractivity contribution in [2.24, 2.45) is 0 Å². The minimum Gasteiger partial charge on any atom is -0.449 e. The number of benzene rings is 5. The van der Waals surface area contributed by atoms with Crippen molar-refractivity contribution in [1.29, 1.82) is 0 Å². The third-order valence-corrected chi connectivity index (χ3v) is 8.41. The van der Waals surface area contributed by atoms with Crippen LogP contribution in [0.25, 0.3) is 22.3 Å². The van der Waals surface area contributed by atoms with E-state index in [0.717, 1.165) is 32.8 Å². The highest BCUT2D eigenvalue weighted by atomic mass is 32.2. The maximum absolute atomic E-state index is 12.9. The average Bonchev–Trinajstić information content (AvgIpc) is 3.33. The zero-order valence-corrected chi connectivity index (χ0v) is 22.6. The highest BCUT2D eigenvalue weighted by Gasteiger charge is 2.29. The lowest BCUT2D eigenvalue weighted by Gasteiger charge is -2.16. The summed E-state index contributed by atoms with van der Waals surface area (Å²) >= 11 is 1.52. The van der Waals surface area contributed by atoms with Crippen molar-refractivity contribution >= 4 is 24.1 Å². The summed E-state index contributed by atoms with van der Waals surface area (Å²) in [6.45, 7) is 0.557. The predicted octanol–water partition coefficient (Wildman–Crippen LogP) is 8.36. The smallest absolute Gasteiger partial charge is 0.407 e. The van der Waals surface area contributed by atoms with Gasteiger partial charge in [-0.2, -0.15) is 0 Å². The van der Waals surface area contributed by atoms with E-state index in [1.54, 1.807) is 0 Å². The zero-order valence-electron chi connectivity index (χ0n) is 21.7. The van der Waals surface area contributed by atoms with E-state index in [1.807, 2.05) is 72.8 Å². The fourth-order valence-electron chi connectivity index (χ4n) is 5.23. The number of nitrogens with one attached hydrogen (secondary N) is 1. The quantitative estimate of drug-likeness (QED) is 0.201. The minimum absolute atomic E-state index is 0.00511. The van der Waals surface area contributed by atoms with Gasteiger partial charge in [-0.15, -0.1) is 0 Å². The number of ether oxygens (including phenoxy) is 1. The lowest BCUT2D eigenvalue weighted by molar-refractivity contribution is 0.112. The molecule has 0 radical (unpaired) electrons. The second kappa shape index (κ2) is 11.6. The van der Waals surface area contributed by atoms with Gasteiger partial charge in [0.25, 0.3) is 0 Å². The van der Waals surface area contributed by atoms with E-state index in [0.29, 0.717) is 12.1 Å². The molecule has 0 unspecified atom stereocenters. The summed E-state index contributed by atoms with van der Waals surface area (Å²) in [7, 11) is 0. The molecule has 1 aliphatic carbocycles. The van der Waals surface area contributed by atoms with Gasteiger partial charge in [0.05, 0.1) is 0 Å². The summed E-state index contributed by atoms with van der Waals surface area (Å²) in [5.41, 5.74) is 8.48. The molecule has 5 aromatic rings. The first-order valence-electron chi connectivity index (χ1n) is 13.2. The molecule has 0 atom stereocenters. The van der Waals surface area contributed by atoms with Crippen molar-refractivity contribution in [3.05, 3.63) is 144 Å². The number of carbonyl (C=O) groups excluding carboxylic acids is 2. The Morgan fingerprint density at radius 3 is 2.10 bits per heavy atom. The van der Waals surface area contributed by atoms with E-state index >= 15 is 0 Å². The number of hydrogen-bond donors (Lipinski definition) is 1. The molecule has 0 fully saturated rings. The van der Waals surface area contributed by atoms with Crippen LogP contribution in [0.5, 0.6) is 0 Å². The summed E-state index contributed by atoms with van der Waals surface area (Å²) in [5, 5.41) is 2.96. The maximum Gasteiger partial charge on any atom is 0.407 e. The van der Waals surface area contributed by atoms with Crippen molar-refractivity contribution in [2.45, 2.75) is 22.3 Å². The van der Waals surface area contributed by atoms with Crippen LogP contribution in [0.4, 0.5) is 4.79 Å². The van der Waals surface area contributed by atoms with Crippen LogP contribution < -0.4 is 5.32 Å². The molecule has 0 spiro atoms. The molecule has 196 valence electrons. The molecule has 0 heterocycles. The Kier molecular flexibility index (Phi) is 7.47. The molecular formula is C35H27NO3S. The van der Waals surface area contributed by atoms with E-state index in [4.69, 9.17) is 4.74 Å². The van der Waals surface area contributed by atoms with Gasteiger partial charge in [0.15, 0.2) is 6.29 Å². The van der Waals surface area contributed by atoms with Crippen LogP contribution in [-0.4, -0.2) is 19.0 Å². The first-order valence-corrected chi connectivity index (χ1v) is 14.0. The molecule has 40 heavy (non-hydrogen) atoms. The Morgan fingerprint density at radius 1 is 0.725 bits per heavy atom. The van der Waals surface area contributed by atoms with Crippen LogP contribution in [0, 0.1) is 0 Å². The zero-order chi connectivity index (χ0) is 27.3. The van der Waals surface area contributed by atoms with Crippen LogP contribution in [0.15, 0.2) is 131 Å². The Morgan fingerprint density at radius 2 is 1.38 bits per heavy atom. The third-order valence-electron chi connectivity index (χ3n) is 7.20. The summed E-state index contributed by atoms with van der Waals surface area (Å²) in [6, 6.07) is 40.4. The van der Waals surface area contributed by atoms with Crippen molar-refractivity contribution in [2.75, 3.05) is 6.61 Å². The van der Waals surface area contributed by atoms with Crippen LogP contribution in [0.2, 0.25) is 0 Å². The molecular weight excluding hydrogens is 514 g/mol. The van der Waals surface area contributed by atoms with Crippen molar-refractivity contribution in [3.63, 3.8) is 0 Å². The van der Waals surface area contributed by atoms with Gasteiger partial charge in [0.2, 0.25) is 0 Å². The van der Waals surface area contributed by atoms with Crippen molar-refractivity contribution in [1.82, 2.24) is 5.32 Å². The molecule has 0 aromatic heterocycles. The second-order valence-corrected chi connectivity index (χ2v) is 10.7. The predicted molar refractivity (Wildman–Crippen MR) is 160 cm³/mol. The van der Waals surface area contributed by atoms with E-state index in [9.17, 15) is 9.59 Å². The number of hydrogen-bond acceptors (Lipinski definition) is 4. The first kappa shape index (κ1) is 25.7. The van der Waals surface area contributed by atoms with E-state index in [-0.39, 0.29) is 12.5 Å². The number of carbonyl (C=O) groups is 2. The van der Waals surface area contributed by atoms with Crippen molar-refractivity contribution < 1.29 is 14.3 Å². The number of alkyl carbamates (subject to hydrolysis) is 1. The molecule has 5 heteroatoms. The number of fused-ring (bicyclic) bond motifs is 3. The molecule has 1 N–H and O–H groups in total. The average molecular weight is 542 g/mol. The minimum atomic E-state index is -0.462. The Bertz CT molecular complexity index is 1640. The fourth-order valence-corrected chi connectivity index (χ4v) is 6.25. The monoisotopic (exact) mass is 541 g/mol. The van der Waals surface area contributed by atoms with Gasteiger partial charge in [0, 0.05) is 27.8 Å². The molecule has 1 aliphatic rings. The molecule has 5 aromatic carbocycles. The summed E-state index contributed by atoms with van der Waals surface area (Å²) in [4.78, 5) is 26.4. The summed E-state index contributed by atoms with van der Waals surface area (Å²) in [6.07, 6.45) is 0.408. The first-order chi connectivity index (χ1) is 19.7. The summed E-state index contributed by atoms with van der Waals surface area (Å²) < 4.78 is 5.77. The van der Waals surface area contributed by atoms with Gasteiger partial charge in [0.1, 0.15) is 6.61 Å². The molecule has 0 saturated heterocycles. The van der Waals surface area contributed by atoms with Crippen LogP contribution in [0.1, 0.15) is 33.0 Å². The lowest BCUT2D eigenvalue weighted by Crippen LogP contribution is -2.26. The third kappa shape index (κ3) is 5.29. The molecule has 4 nitrogen and oxygen atoms in total. The largest absolute Gasteiger partial charge is 0.449 e. The topological polar surface area (TPSA) is 55.4 Å². The lowest BCUT2D eigenvalue weighted by atomic mass is 9.98. The van der Waals surface area contributed by atoms with Gasteiger partial charge >= 0.3 is 6.09 Å². The number of amides is 1. The van der Waals surface area contributed by atoms with E-state index in [2.05, 4.69) is 53.8 Å². The van der Waals surface area contributed by atoms with Gasteiger partial charge in [-0.25, -0.2) is 4.79 Å². The standard InChI is InChI=1S/C35H27NO3S/c37-22-26-12-4-9-17-33(26)40-34-19-18-25(24-10-2-1-3-11-24)20-27(34)21-36-35(38)39-23-32-30-15-7-5-13-28(30)29-14-6-8-16-31(29)32/h1-20,22,32H,21,23H2,(H,36,38). The van der Waals surface area contributed by atoms with Gasteiger partial charge in [-0.05, 0) is 57.1 Å². The van der Waals surface area contributed by atoms with Crippen LogP contribution in [-0.2, 0) is 11.3 Å². The molecule has 0 aliphatic heterocycles. The highest BCUT2D eigenvalue weighted by Crippen LogP contribution is 2.44. The van der Waals surface area contributed by atoms with Crippen molar-refractivity contribution in [3.8, 4) is 22.3 Å². The second-order valence-electron chi connectivity index (χ2n) is 9.63. The van der Waals surface area contributed by atoms with Gasteiger partial charge in [-0.1, -0.05) is 115 Å². The number of rotatable bonds is 8. The molecule has 0 bridgehead atoms. The van der Waals surface area contributed by atoms with Gasteiger partial charge in [-0.3, -0.25) is 4.79 Å². The van der Waals surface area contributed by atoms with Crippen LogP contribution in [0.3, 0.4) is 0 Å². The van der Waals surface area contributed by atoms with E-state index in [1.165, 1.54) is 34.0 Å². The van der Waals surface area contributed by atoms with Gasteiger partial charge < -0.3 is 10.1 Å².